The maximum absolute atomic E-state index is 12.5. The highest BCUT2D eigenvalue weighted by Gasteiger charge is 2.39. The number of benzene rings is 2. The number of rotatable bonds is 12. The third-order valence-electron chi connectivity index (χ3n) is 6.80. The van der Waals surface area contributed by atoms with E-state index in [1.54, 1.807) is 21.3 Å². The fourth-order valence-corrected chi connectivity index (χ4v) is 4.38. The summed E-state index contributed by atoms with van der Waals surface area (Å²) in [5.74, 6) is 1.45. The Kier molecular flexibility index (Phi) is 12.5. The predicted octanol–water partition coefficient (Wildman–Crippen LogP) is 4.02. The van der Waals surface area contributed by atoms with Crippen LogP contribution in [0.25, 0.3) is 11.1 Å². The molecule has 1 heterocycles. The van der Waals surface area contributed by atoms with Gasteiger partial charge in [-0.1, -0.05) is 50.5 Å². The van der Waals surface area contributed by atoms with Crippen molar-refractivity contribution in [3.05, 3.63) is 47.2 Å². The molecule has 0 radical (unpaired) electrons. The lowest BCUT2D eigenvalue weighted by Crippen LogP contribution is -2.62. The van der Waals surface area contributed by atoms with Gasteiger partial charge < -0.3 is 24.7 Å². The predicted molar refractivity (Wildman–Crippen MR) is 149 cm³/mol. The summed E-state index contributed by atoms with van der Waals surface area (Å²) in [4.78, 5) is 24.2. The molecule has 1 fully saturated rings. The monoisotopic (exact) mass is 529 g/mol. The van der Waals surface area contributed by atoms with Crippen LogP contribution in [0.3, 0.4) is 0 Å². The molecule has 2 aromatic rings. The lowest BCUT2D eigenvalue weighted by Gasteiger charge is -2.45. The molecule has 0 aromatic heterocycles. The van der Waals surface area contributed by atoms with Gasteiger partial charge in [-0.2, -0.15) is 0 Å². The van der Waals surface area contributed by atoms with E-state index in [1.807, 2.05) is 48.3 Å². The minimum absolute atomic E-state index is 0.285. The minimum Gasteiger partial charge on any atom is -0.625 e. The van der Waals surface area contributed by atoms with E-state index in [4.69, 9.17) is 14.2 Å². The van der Waals surface area contributed by atoms with Crippen LogP contribution in [-0.4, -0.2) is 83.0 Å². The maximum atomic E-state index is 12.5. The summed E-state index contributed by atoms with van der Waals surface area (Å²) >= 11 is 0. The van der Waals surface area contributed by atoms with Crippen LogP contribution in [0.2, 0.25) is 0 Å². The lowest BCUT2D eigenvalue weighted by molar-refractivity contribution is -0.788. The standard InChI is InChI=1S/C22H28N2O5.C7H15NO/c1-23-10-11-24(2,26)22(25)18(23)12-15-6-8-16(9-7-15)17-13-19(27-3)21(29-5)20(14-17)28-4;1-2-3-4-5-6-8-7-9/h6-9,13-14,18H,10-12H2,1-5H3;7H,2-6H2,1H3,(H,8,9). The van der Waals surface area contributed by atoms with Crippen molar-refractivity contribution in [1.29, 1.82) is 0 Å². The van der Waals surface area contributed by atoms with Crippen molar-refractivity contribution in [2.24, 2.45) is 0 Å². The molecular weight excluding hydrogens is 486 g/mol. The SMILES string of the molecule is CCCCCCNC=O.COc1cc(-c2ccc(CC3C(=O)[N+](C)([O-])CCN3C)cc2)cc(OC)c1OC. The number of methoxy groups -OCH3 is 3. The molecule has 9 heteroatoms. The van der Waals surface area contributed by atoms with Crippen molar-refractivity contribution in [2.75, 3.05) is 55.1 Å². The molecule has 0 aliphatic carbocycles. The molecule has 38 heavy (non-hydrogen) atoms. The number of carbonyl (C=O) groups excluding carboxylic acids is 2. The first kappa shape index (κ1) is 31.1. The van der Waals surface area contributed by atoms with E-state index in [0.29, 0.717) is 36.8 Å². The highest BCUT2D eigenvalue weighted by molar-refractivity contribution is 5.77. The molecule has 3 rings (SSSR count). The summed E-state index contributed by atoms with van der Waals surface area (Å²) in [7, 11) is 8.08. The average Bonchev–Trinajstić information content (AvgIpc) is 2.93. The molecule has 2 atom stereocenters. The number of nitrogens with zero attached hydrogens (tertiary/aromatic N) is 2. The molecule has 0 saturated carbocycles. The Hall–Kier alpha value is -3.14. The second-order valence-corrected chi connectivity index (χ2v) is 9.61. The van der Waals surface area contributed by atoms with Crippen LogP contribution in [-0.2, 0) is 16.0 Å². The molecule has 0 spiro atoms. The number of hydrogen-bond donors (Lipinski definition) is 1. The molecule has 210 valence electrons. The lowest BCUT2D eigenvalue weighted by atomic mass is 9.98. The van der Waals surface area contributed by atoms with Crippen LogP contribution in [0.5, 0.6) is 17.2 Å². The zero-order valence-corrected chi connectivity index (χ0v) is 23.6. The summed E-state index contributed by atoms with van der Waals surface area (Å²) in [6.45, 7) is 3.92. The van der Waals surface area contributed by atoms with E-state index in [-0.39, 0.29) is 5.91 Å². The first-order valence-corrected chi connectivity index (χ1v) is 13.1. The zero-order chi connectivity index (χ0) is 28.1. The number of amides is 2. The van der Waals surface area contributed by atoms with E-state index in [1.165, 1.54) is 26.3 Å². The molecule has 1 N–H and O–H groups in total. The fourth-order valence-electron chi connectivity index (χ4n) is 4.38. The Labute approximate surface area is 226 Å². The third kappa shape index (κ3) is 8.44. The molecule has 9 nitrogen and oxygen atoms in total. The van der Waals surface area contributed by atoms with Crippen molar-refractivity contribution in [3.63, 3.8) is 0 Å². The van der Waals surface area contributed by atoms with Crippen LogP contribution >= 0.6 is 0 Å². The van der Waals surface area contributed by atoms with Gasteiger partial charge in [-0.05, 0) is 42.3 Å². The Balaban J connectivity index is 0.000000484. The van der Waals surface area contributed by atoms with E-state index >= 15 is 0 Å². The number of piperazine rings is 1. The summed E-state index contributed by atoms with van der Waals surface area (Å²) in [5, 5.41) is 15.0. The zero-order valence-electron chi connectivity index (χ0n) is 23.6. The van der Waals surface area contributed by atoms with Crippen molar-refractivity contribution in [3.8, 4) is 28.4 Å². The van der Waals surface area contributed by atoms with Crippen molar-refractivity contribution in [1.82, 2.24) is 10.2 Å². The van der Waals surface area contributed by atoms with Gasteiger partial charge in [0.1, 0.15) is 6.04 Å². The van der Waals surface area contributed by atoms with E-state index < -0.39 is 10.7 Å². The van der Waals surface area contributed by atoms with Crippen LogP contribution in [0.1, 0.15) is 38.2 Å². The summed E-state index contributed by atoms with van der Waals surface area (Å²) in [6, 6.07) is 11.4. The molecular formula is C29H43N3O6. The smallest absolute Gasteiger partial charge is 0.331 e. The van der Waals surface area contributed by atoms with Gasteiger partial charge in [0, 0.05) is 19.5 Å². The normalized spacial score (nSPS) is 19.2. The molecule has 0 bridgehead atoms. The van der Waals surface area contributed by atoms with Crippen molar-refractivity contribution >= 4 is 12.3 Å². The topological polar surface area (TPSA) is 100 Å². The van der Waals surface area contributed by atoms with Gasteiger partial charge in [-0.15, -0.1) is 0 Å². The number of unbranched alkanes of at least 4 members (excludes halogenated alkanes) is 3. The van der Waals surface area contributed by atoms with E-state index in [9.17, 15) is 14.8 Å². The Morgan fingerprint density at radius 1 is 1.03 bits per heavy atom. The van der Waals surface area contributed by atoms with Gasteiger partial charge in [0.25, 0.3) is 0 Å². The molecule has 1 aliphatic rings. The Morgan fingerprint density at radius 2 is 1.66 bits per heavy atom. The first-order valence-electron chi connectivity index (χ1n) is 13.1. The van der Waals surface area contributed by atoms with Crippen LogP contribution in [0, 0.1) is 5.21 Å². The second-order valence-electron chi connectivity index (χ2n) is 9.61. The molecule has 1 aliphatic heterocycles. The van der Waals surface area contributed by atoms with Gasteiger partial charge in [-0.25, -0.2) is 4.79 Å². The molecule has 2 amide bonds. The number of ether oxygens (including phenoxy) is 3. The number of hydrogen-bond acceptors (Lipinski definition) is 7. The number of likely N-dealkylation sites (N-methyl/N-ethyl adjacent to an activating group) is 2. The number of quaternary nitrogens is 1. The minimum atomic E-state index is -0.807. The van der Waals surface area contributed by atoms with E-state index in [0.717, 1.165) is 36.1 Å². The third-order valence-corrected chi connectivity index (χ3v) is 6.80. The Bertz CT molecular complexity index is 1000. The molecule has 2 unspecified atom stereocenters. The van der Waals surface area contributed by atoms with Gasteiger partial charge in [0.15, 0.2) is 11.5 Å². The number of nitrogens with one attached hydrogen (secondary N) is 1. The van der Waals surface area contributed by atoms with Gasteiger partial charge in [-0.3, -0.25) is 14.3 Å². The van der Waals surface area contributed by atoms with Gasteiger partial charge in [0.05, 0.1) is 34.9 Å². The molecule has 1 saturated heterocycles. The van der Waals surface area contributed by atoms with Crippen molar-refractivity contribution in [2.45, 2.75) is 45.1 Å². The van der Waals surface area contributed by atoms with Crippen LogP contribution < -0.4 is 19.5 Å². The quantitative estimate of drug-likeness (QED) is 0.192. The second kappa shape index (κ2) is 15.3. The van der Waals surface area contributed by atoms with Crippen LogP contribution in [0.4, 0.5) is 0 Å². The highest BCUT2D eigenvalue weighted by Crippen LogP contribution is 2.41. The molecule has 2 aromatic carbocycles. The summed E-state index contributed by atoms with van der Waals surface area (Å²) in [5.41, 5.74) is 2.93. The first-order chi connectivity index (χ1) is 18.2. The van der Waals surface area contributed by atoms with E-state index in [2.05, 4.69) is 12.2 Å². The number of hydroxylamine groups is 3. The summed E-state index contributed by atoms with van der Waals surface area (Å²) < 4.78 is 15.4. The fraction of sp³-hybridized carbons (Fsp3) is 0.517. The van der Waals surface area contributed by atoms with Crippen LogP contribution in [0.15, 0.2) is 36.4 Å². The average molecular weight is 530 g/mol. The maximum Gasteiger partial charge on any atom is 0.331 e. The largest absolute Gasteiger partial charge is 0.625 e. The van der Waals surface area contributed by atoms with Crippen molar-refractivity contribution < 1.29 is 28.4 Å². The number of carbonyl (C=O) groups is 2. The highest BCUT2D eigenvalue weighted by atomic mass is 16.6. The summed E-state index contributed by atoms with van der Waals surface area (Å²) in [6.07, 6.45) is 6.15. The van der Waals surface area contributed by atoms with Gasteiger partial charge in [0.2, 0.25) is 12.2 Å². The Morgan fingerprint density at radius 3 is 2.18 bits per heavy atom. The van der Waals surface area contributed by atoms with Gasteiger partial charge >= 0.3 is 5.91 Å².